The maximum absolute atomic E-state index is 2.33. The molecule has 0 fully saturated rings. The van der Waals surface area contributed by atoms with Crippen LogP contribution in [0.5, 0.6) is 0 Å². The van der Waals surface area contributed by atoms with Crippen LogP contribution in [0.2, 0.25) is 0 Å². The smallest absolute Gasteiger partial charge is 0.341 e. The average molecular weight is 367 g/mol. The molecule has 6 heterocycles. The van der Waals surface area contributed by atoms with Gasteiger partial charge in [0.05, 0.1) is 22.8 Å². The van der Waals surface area contributed by atoms with Crippen LogP contribution in [0.4, 0.5) is 0 Å². The zero-order valence-corrected chi connectivity index (χ0v) is 15.9. The quantitative estimate of drug-likeness (QED) is 0.662. The summed E-state index contributed by atoms with van der Waals surface area (Å²) in [5.74, 6) is 0. The molecule has 26 heavy (non-hydrogen) atoms. The summed E-state index contributed by atoms with van der Waals surface area (Å²) in [4.78, 5) is 0. The molecule has 122 valence electrons. The summed E-state index contributed by atoms with van der Waals surface area (Å²) in [5.41, 5.74) is 7.66. The lowest BCUT2D eigenvalue weighted by Gasteiger charge is -2.23. The molecule has 0 saturated heterocycles. The Morgan fingerprint density at radius 3 is 1.42 bits per heavy atom. The van der Waals surface area contributed by atoms with E-state index in [0.29, 0.717) is 19.7 Å². The molecule has 6 heteroatoms. The summed E-state index contributed by atoms with van der Waals surface area (Å²) in [6.45, 7) is 0. The number of rotatable bonds is 1. The van der Waals surface area contributed by atoms with Crippen LogP contribution in [0.25, 0.3) is 0 Å². The second-order valence-electron chi connectivity index (χ2n) is 6.45. The molecule has 6 aliphatic rings. The van der Waals surface area contributed by atoms with E-state index < -0.39 is 0 Å². The Labute approximate surface area is 157 Å². The van der Waals surface area contributed by atoms with E-state index in [9.17, 15) is 0 Å². The van der Waals surface area contributed by atoms with Gasteiger partial charge in [-0.3, -0.25) is 0 Å². The summed E-state index contributed by atoms with van der Waals surface area (Å²) in [5, 5.41) is 0. The van der Waals surface area contributed by atoms with Gasteiger partial charge in [0.2, 0.25) is 0 Å². The van der Waals surface area contributed by atoms with Crippen LogP contribution >= 0.6 is 0 Å². The van der Waals surface area contributed by atoms with Crippen molar-refractivity contribution >= 4 is 19.7 Å². The number of fused-ring (bicyclic) bond motifs is 4. The minimum atomic E-state index is 0.613. The van der Waals surface area contributed by atoms with Gasteiger partial charge in [-0.1, -0.05) is 12.2 Å². The minimum Gasteiger partial charge on any atom is -0.354 e. The second kappa shape index (κ2) is 5.26. The predicted molar refractivity (Wildman–Crippen MR) is 104 cm³/mol. The fraction of sp³-hybridized carbons (Fsp3) is 0. The van der Waals surface area contributed by atoms with E-state index in [2.05, 4.69) is 104 Å². The maximum atomic E-state index is 2.33. The molecule has 0 aromatic rings. The monoisotopic (exact) mass is 366 g/mol. The SMILES string of the molecule is C1=CC2=C3C=C(C4=CC5=C6C=CC=CN6[Si]N5C=C4)C=CN3[Si]N2C=C1. The van der Waals surface area contributed by atoms with Crippen molar-refractivity contribution in [3.05, 3.63) is 119 Å². The van der Waals surface area contributed by atoms with Crippen molar-refractivity contribution in [1.29, 1.82) is 0 Å². The van der Waals surface area contributed by atoms with Crippen molar-refractivity contribution < 1.29 is 0 Å². The largest absolute Gasteiger partial charge is 0.354 e. The first-order valence-corrected chi connectivity index (χ1v) is 10.3. The van der Waals surface area contributed by atoms with E-state index in [1.165, 1.54) is 33.9 Å². The highest BCUT2D eigenvalue weighted by atomic mass is 28.2. The van der Waals surface area contributed by atoms with Crippen LogP contribution in [0.15, 0.2) is 119 Å². The Kier molecular flexibility index (Phi) is 2.88. The van der Waals surface area contributed by atoms with Crippen LogP contribution in [-0.2, 0) is 0 Å². The van der Waals surface area contributed by atoms with Gasteiger partial charge in [-0.05, 0) is 84.6 Å². The Morgan fingerprint density at radius 2 is 0.923 bits per heavy atom. The fourth-order valence-electron chi connectivity index (χ4n) is 3.64. The van der Waals surface area contributed by atoms with Crippen molar-refractivity contribution in [2.45, 2.75) is 0 Å². The van der Waals surface area contributed by atoms with Crippen molar-refractivity contribution in [2.24, 2.45) is 0 Å². The molecular formula is C20H14N4Si2. The maximum Gasteiger partial charge on any atom is 0.341 e. The van der Waals surface area contributed by atoms with Gasteiger partial charge in [0.25, 0.3) is 0 Å². The number of hydrogen-bond acceptors (Lipinski definition) is 4. The van der Waals surface area contributed by atoms with E-state index in [1.54, 1.807) is 0 Å². The van der Waals surface area contributed by atoms with E-state index in [4.69, 9.17) is 0 Å². The van der Waals surface area contributed by atoms with Crippen LogP contribution in [-0.4, -0.2) is 37.9 Å². The van der Waals surface area contributed by atoms with Crippen LogP contribution in [0.3, 0.4) is 0 Å². The summed E-state index contributed by atoms with van der Waals surface area (Å²) in [7, 11) is 1.23. The highest BCUT2D eigenvalue weighted by Crippen LogP contribution is 2.36. The van der Waals surface area contributed by atoms with Crippen molar-refractivity contribution in [3.8, 4) is 0 Å². The van der Waals surface area contributed by atoms with Crippen molar-refractivity contribution in [2.75, 3.05) is 0 Å². The molecular weight excluding hydrogens is 352 g/mol. The molecule has 4 nitrogen and oxygen atoms in total. The summed E-state index contributed by atoms with van der Waals surface area (Å²) >= 11 is 0. The average Bonchev–Trinajstić information content (AvgIpc) is 3.25. The molecule has 0 amide bonds. The highest BCUT2D eigenvalue weighted by Gasteiger charge is 2.31. The molecule has 0 saturated carbocycles. The van der Waals surface area contributed by atoms with Gasteiger partial charge in [0.15, 0.2) is 0 Å². The molecule has 0 spiro atoms. The predicted octanol–water partition coefficient (Wildman–Crippen LogP) is 2.79. The lowest BCUT2D eigenvalue weighted by Crippen LogP contribution is -2.26. The van der Waals surface area contributed by atoms with Crippen LogP contribution in [0.1, 0.15) is 0 Å². The Balaban J connectivity index is 1.41. The molecule has 4 radical (unpaired) electrons. The summed E-state index contributed by atoms with van der Waals surface area (Å²) in [6, 6.07) is 0. The van der Waals surface area contributed by atoms with Crippen LogP contribution in [0, 0.1) is 0 Å². The zero-order chi connectivity index (χ0) is 17.1. The first-order chi connectivity index (χ1) is 12.9. The third-order valence-electron chi connectivity index (χ3n) is 4.92. The molecule has 0 bridgehead atoms. The van der Waals surface area contributed by atoms with E-state index >= 15 is 0 Å². The summed E-state index contributed by atoms with van der Waals surface area (Å²) in [6.07, 6.45) is 30.6. The number of allylic oxidation sites excluding steroid dienone is 12. The van der Waals surface area contributed by atoms with Crippen LogP contribution < -0.4 is 0 Å². The van der Waals surface area contributed by atoms with Gasteiger partial charge in [-0.2, -0.15) is 0 Å². The molecule has 6 rings (SSSR count). The number of nitrogens with zero attached hydrogens (tertiary/aromatic N) is 4. The van der Waals surface area contributed by atoms with Gasteiger partial charge < -0.3 is 18.3 Å². The summed E-state index contributed by atoms with van der Waals surface area (Å²) < 4.78 is 9.28. The molecule has 0 aliphatic carbocycles. The van der Waals surface area contributed by atoms with Gasteiger partial charge in [0.1, 0.15) is 0 Å². The van der Waals surface area contributed by atoms with E-state index in [1.807, 2.05) is 0 Å². The Bertz CT molecular complexity index is 934. The van der Waals surface area contributed by atoms with Crippen molar-refractivity contribution in [3.63, 3.8) is 0 Å². The lowest BCUT2D eigenvalue weighted by molar-refractivity contribution is 0.721. The Morgan fingerprint density at radius 1 is 0.462 bits per heavy atom. The minimum absolute atomic E-state index is 0.613. The zero-order valence-electron chi connectivity index (χ0n) is 13.9. The normalized spacial score (nSPS) is 24.3. The van der Waals surface area contributed by atoms with E-state index in [0.717, 1.165) is 0 Å². The number of hydrogen-bond donors (Lipinski definition) is 0. The van der Waals surface area contributed by atoms with Gasteiger partial charge >= 0.3 is 19.7 Å². The third kappa shape index (κ3) is 2.00. The van der Waals surface area contributed by atoms with Gasteiger partial charge in [0, 0.05) is 0 Å². The van der Waals surface area contributed by atoms with Gasteiger partial charge in [-0.15, -0.1) is 0 Å². The topological polar surface area (TPSA) is 13.0 Å². The van der Waals surface area contributed by atoms with Crippen molar-refractivity contribution in [1.82, 2.24) is 18.3 Å². The lowest BCUT2D eigenvalue weighted by atomic mass is 9.99. The second-order valence-corrected chi connectivity index (χ2v) is 8.78. The first-order valence-electron chi connectivity index (χ1n) is 8.55. The Hall–Kier alpha value is -2.97. The molecule has 0 unspecified atom stereocenters. The standard InChI is InChI=1S/C20H14N4Si2/c1-3-9-21-17(5-1)19-13-15(7-11-23(19)25-21)16-8-12-24-20(14-16)18-6-2-4-10-22(18)26-24/h1-14H. The first kappa shape index (κ1) is 14.2. The molecule has 0 aromatic heterocycles. The molecule has 0 aromatic carbocycles. The molecule has 0 atom stereocenters. The molecule has 0 N–H and O–H groups in total. The van der Waals surface area contributed by atoms with Gasteiger partial charge in [-0.25, -0.2) is 0 Å². The fourth-order valence-corrected chi connectivity index (χ4v) is 5.86. The van der Waals surface area contributed by atoms with E-state index in [-0.39, 0.29) is 0 Å². The third-order valence-corrected chi connectivity index (χ3v) is 7.34. The molecule has 6 aliphatic heterocycles. The highest BCUT2D eigenvalue weighted by molar-refractivity contribution is 6.33.